The number of nitrogens with one attached hydrogen (secondary N) is 1. The predicted octanol–water partition coefficient (Wildman–Crippen LogP) is -0.370. The van der Waals surface area contributed by atoms with E-state index < -0.39 is 11.2 Å². The first-order valence-electron chi connectivity index (χ1n) is 4.26. The van der Waals surface area contributed by atoms with E-state index in [0.29, 0.717) is 16.8 Å². The molecule has 78 valence electrons. The smallest absolute Gasteiger partial charge is 0.328 e. The van der Waals surface area contributed by atoms with E-state index in [-0.39, 0.29) is 0 Å². The standard InChI is InChI=1S/C9H9N3O3/c1-12-6-4-10-7(15-2)3-5(6)8(13)11-9(12)14/h3-4H,1-2H3,(H,11,13,14). The van der Waals surface area contributed by atoms with Crippen molar-refractivity contribution in [3.05, 3.63) is 33.1 Å². The third-order valence-electron chi connectivity index (χ3n) is 2.20. The maximum atomic E-state index is 11.5. The molecule has 0 saturated carbocycles. The van der Waals surface area contributed by atoms with Crippen molar-refractivity contribution in [3.63, 3.8) is 0 Å². The van der Waals surface area contributed by atoms with Crippen molar-refractivity contribution in [1.82, 2.24) is 14.5 Å². The molecule has 2 rings (SSSR count). The van der Waals surface area contributed by atoms with Crippen LogP contribution in [0.2, 0.25) is 0 Å². The van der Waals surface area contributed by atoms with E-state index in [1.165, 1.54) is 23.9 Å². The van der Waals surface area contributed by atoms with Crippen LogP contribution in [-0.4, -0.2) is 21.6 Å². The van der Waals surface area contributed by atoms with Gasteiger partial charge in [-0.3, -0.25) is 14.3 Å². The third-order valence-corrected chi connectivity index (χ3v) is 2.20. The minimum absolute atomic E-state index is 0.339. The van der Waals surface area contributed by atoms with Crippen molar-refractivity contribution in [2.75, 3.05) is 7.11 Å². The van der Waals surface area contributed by atoms with Crippen molar-refractivity contribution < 1.29 is 4.74 Å². The van der Waals surface area contributed by atoms with Crippen molar-refractivity contribution in [2.24, 2.45) is 7.05 Å². The lowest BCUT2D eigenvalue weighted by Crippen LogP contribution is -2.28. The Morgan fingerprint density at radius 2 is 2.20 bits per heavy atom. The zero-order chi connectivity index (χ0) is 11.0. The normalized spacial score (nSPS) is 10.5. The minimum atomic E-state index is -0.459. The molecule has 6 heteroatoms. The van der Waals surface area contributed by atoms with E-state index >= 15 is 0 Å². The summed E-state index contributed by atoms with van der Waals surface area (Å²) in [5.41, 5.74) is -0.419. The van der Waals surface area contributed by atoms with Gasteiger partial charge in [-0.25, -0.2) is 9.78 Å². The Balaban J connectivity index is 2.96. The number of aromatic amines is 1. The fourth-order valence-corrected chi connectivity index (χ4v) is 1.35. The topological polar surface area (TPSA) is 77.0 Å². The van der Waals surface area contributed by atoms with Crippen molar-refractivity contribution in [1.29, 1.82) is 0 Å². The number of aryl methyl sites for hydroxylation is 1. The van der Waals surface area contributed by atoms with E-state index in [9.17, 15) is 9.59 Å². The summed E-state index contributed by atoms with van der Waals surface area (Å²) in [6.45, 7) is 0. The lowest BCUT2D eigenvalue weighted by molar-refractivity contribution is 0.398. The molecule has 6 nitrogen and oxygen atoms in total. The second-order valence-corrected chi connectivity index (χ2v) is 3.06. The van der Waals surface area contributed by atoms with Crippen LogP contribution >= 0.6 is 0 Å². The molecular formula is C9H9N3O3. The number of pyridine rings is 1. The molecule has 2 heterocycles. The quantitative estimate of drug-likeness (QED) is 0.692. The summed E-state index contributed by atoms with van der Waals surface area (Å²) >= 11 is 0. The van der Waals surface area contributed by atoms with Gasteiger partial charge < -0.3 is 4.74 Å². The zero-order valence-electron chi connectivity index (χ0n) is 8.27. The monoisotopic (exact) mass is 207 g/mol. The summed E-state index contributed by atoms with van der Waals surface area (Å²) < 4.78 is 6.22. The fourth-order valence-electron chi connectivity index (χ4n) is 1.35. The molecule has 0 amide bonds. The Morgan fingerprint density at radius 3 is 2.87 bits per heavy atom. The van der Waals surface area contributed by atoms with Gasteiger partial charge in [0.05, 0.1) is 24.2 Å². The number of hydrogen-bond acceptors (Lipinski definition) is 4. The lowest BCUT2D eigenvalue weighted by Gasteiger charge is -2.04. The highest BCUT2D eigenvalue weighted by molar-refractivity contribution is 5.77. The average Bonchev–Trinajstić information content (AvgIpc) is 2.25. The fraction of sp³-hybridized carbons (Fsp3) is 0.222. The summed E-state index contributed by atoms with van der Waals surface area (Å²) in [5.74, 6) is 0.339. The molecule has 0 atom stereocenters. The summed E-state index contributed by atoms with van der Waals surface area (Å²) in [6.07, 6.45) is 1.44. The first-order valence-corrected chi connectivity index (χ1v) is 4.26. The number of ether oxygens (including phenoxy) is 1. The molecule has 0 bridgehead atoms. The molecule has 0 aliphatic carbocycles. The maximum Gasteiger partial charge on any atom is 0.328 e. The van der Waals surface area contributed by atoms with Crippen LogP contribution in [0, 0.1) is 0 Å². The summed E-state index contributed by atoms with van der Waals surface area (Å²) in [4.78, 5) is 28.9. The highest BCUT2D eigenvalue weighted by Gasteiger charge is 2.06. The van der Waals surface area contributed by atoms with Crippen LogP contribution in [0.3, 0.4) is 0 Å². The average molecular weight is 207 g/mol. The number of H-pyrrole nitrogens is 1. The number of aromatic nitrogens is 3. The van der Waals surface area contributed by atoms with Crippen LogP contribution in [-0.2, 0) is 7.05 Å². The predicted molar refractivity (Wildman–Crippen MR) is 54.2 cm³/mol. The van der Waals surface area contributed by atoms with Crippen LogP contribution in [0.25, 0.3) is 10.9 Å². The molecule has 2 aromatic heterocycles. The maximum absolute atomic E-state index is 11.5. The molecule has 15 heavy (non-hydrogen) atoms. The van der Waals surface area contributed by atoms with Gasteiger partial charge in [0.25, 0.3) is 5.56 Å². The third kappa shape index (κ3) is 1.39. The van der Waals surface area contributed by atoms with Gasteiger partial charge in [0.2, 0.25) is 5.88 Å². The summed E-state index contributed by atoms with van der Waals surface area (Å²) in [5, 5.41) is 0.379. The Labute approximate surface area is 84.1 Å². The van der Waals surface area contributed by atoms with Crippen molar-refractivity contribution in [3.8, 4) is 5.88 Å². The lowest BCUT2D eigenvalue weighted by atomic mass is 10.3. The molecule has 0 saturated heterocycles. The van der Waals surface area contributed by atoms with Gasteiger partial charge >= 0.3 is 5.69 Å². The summed E-state index contributed by atoms with van der Waals surface area (Å²) in [7, 11) is 3.03. The molecule has 0 radical (unpaired) electrons. The SMILES string of the molecule is COc1cc2c(=O)[nH]c(=O)n(C)c2cn1. The van der Waals surface area contributed by atoms with Gasteiger partial charge in [-0.15, -0.1) is 0 Å². The van der Waals surface area contributed by atoms with Gasteiger partial charge in [0.1, 0.15) is 0 Å². The largest absolute Gasteiger partial charge is 0.481 e. The Hall–Kier alpha value is -2.11. The molecule has 1 N–H and O–H groups in total. The molecule has 0 unspecified atom stereocenters. The van der Waals surface area contributed by atoms with Crippen LogP contribution in [0.1, 0.15) is 0 Å². The van der Waals surface area contributed by atoms with Crippen molar-refractivity contribution >= 4 is 10.9 Å². The van der Waals surface area contributed by atoms with Gasteiger partial charge in [-0.1, -0.05) is 0 Å². The molecule has 0 spiro atoms. The van der Waals surface area contributed by atoms with E-state index in [2.05, 4.69) is 9.97 Å². The van der Waals surface area contributed by atoms with Gasteiger partial charge in [0, 0.05) is 13.1 Å². The van der Waals surface area contributed by atoms with E-state index in [4.69, 9.17) is 4.74 Å². The van der Waals surface area contributed by atoms with E-state index in [0.717, 1.165) is 0 Å². The van der Waals surface area contributed by atoms with Gasteiger partial charge in [-0.2, -0.15) is 0 Å². The number of nitrogens with zero attached hydrogens (tertiary/aromatic N) is 2. The highest BCUT2D eigenvalue weighted by Crippen LogP contribution is 2.11. The van der Waals surface area contributed by atoms with E-state index in [1.54, 1.807) is 7.05 Å². The molecular weight excluding hydrogens is 198 g/mol. The Bertz CT molecular complexity index is 627. The van der Waals surface area contributed by atoms with E-state index in [1.807, 2.05) is 0 Å². The first-order chi connectivity index (χ1) is 7.13. The molecule has 0 aromatic carbocycles. The number of fused-ring (bicyclic) bond motifs is 1. The second kappa shape index (κ2) is 3.23. The summed E-state index contributed by atoms with van der Waals surface area (Å²) in [6, 6.07) is 1.49. The zero-order valence-corrected chi connectivity index (χ0v) is 8.27. The van der Waals surface area contributed by atoms with Crippen LogP contribution in [0.4, 0.5) is 0 Å². The number of rotatable bonds is 1. The van der Waals surface area contributed by atoms with Crippen LogP contribution in [0.15, 0.2) is 21.9 Å². The van der Waals surface area contributed by atoms with Gasteiger partial charge in [-0.05, 0) is 0 Å². The molecule has 2 aromatic rings. The number of hydrogen-bond donors (Lipinski definition) is 1. The number of methoxy groups -OCH3 is 1. The molecule has 0 fully saturated rings. The van der Waals surface area contributed by atoms with Gasteiger partial charge in [0.15, 0.2) is 0 Å². The van der Waals surface area contributed by atoms with Crippen LogP contribution in [0.5, 0.6) is 5.88 Å². The highest BCUT2D eigenvalue weighted by atomic mass is 16.5. The first kappa shape index (κ1) is 9.45. The second-order valence-electron chi connectivity index (χ2n) is 3.06. The van der Waals surface area contributed by atoms with Crippen LogP contribution < -0.4 is 16.0 Å². The van der Waals surface area contributed by atoms with Crippen molar-refractivity contribution in [2.45, 2.75) is 0 Å². The minimum Gasteiger partial charge on any atom is -0.481 e. The molecule has 0 aliphatic rings. The Morgan fingerprint density at radius 1 is 1.47 bits per heavy atom. The molecule has 0 aliphatic heterocycles. The Kier molecular flexibility index (Phi) is 2.03.